The van der Waals surface area contributed by atoms with Gasteiger partial charge in [0.25, 0.3) is 10.0 Å². The normalized spacial score (nSPS) is 11.2. The first kappa shape index (κ1) is 13.4. The van der Waals surface area contributed by atoms with Gasteiger partial charge in [-0.25, -0.2) is 22.6 Å². The number of carboxylic acids is 1. The minimum Gasteiger partial charge on any atom is -0.478 e. The monoisotopic (exact) mass is 303 g/mol. The van der Waals surface area contributed by atoms with Gasteiger partial charge in [0.1, 0.15) is 17.0 Å². The van der Waals surface area contributed by atoms with Crippen molar-refractivity contribution in [3.63, 3.8) is 0 Å². The topological polar surface area (TPSA) is 109 Å². The number of benzene rings is 1. The summed E-state index contributed by atoms with van der Waals surface area (Å²) in [7, 11) is -4.17. The van der Waals surface area contributed by atoms with Gasteiger partial charge in [0, 0.05) is 11.5 Å². The summed E-state index contributed by atoms with van der Waals surface area (Å²) in [5, 5.41) is 8.65. The van der Waals surface area contributed by atoms with Crippen molar-refractivity contribution >= 4 is 32.7 Å². The predicted molar refractivity (Wildman–Crippen MR) is 64.1 cm³/mol. The van der Waals surface area contributed by atoms with E-state index < -0.39 is 26.7 Å². The van der Waals surface area contributed by atoms with Gasteiger partial charge in [0.2, 0.25) is 5.13 Å². The molecule has 1 heterocycles. The Morgan fingerprint density at radius 2 is 2.16 bits per heavy atom. The van der Waals surface area contributed by atoms with E-state index in [1.807, 2.05) is 4.72 Å². The lowest BCUT2D eigenvalue weighted by atomic mass is 10.2. The van der Waals surface area contributed by atoms with Crippen LogP contribution in [0, 0.1) is 5.82 Å². The summed E-state index contributed by atoms with van der Waals surface area (Å²) in [6, 6.07) is 2.51. The van der Waals surface area contributed by atoms with Crippen molar-refractivity contribution < 1.29 is 22.7 Å². The quantitative estimate of drug-likeness (QED) is 0.877. The minimum absolute atomic E-state index is 0.0123. The molecule has 10 heteroatoms. The molecular weight excluding hydrogens is 297 g/mol. The number of hydrogen-bond donors (Lipinski definition) is 2. The molecule has 0 fully saturated rings. The number of hydrogen-bond acceptors (Lipinski definition) is 6. The molecular formula is C9H6FN3O4S2. The second-order valence-corrected chi connectivity index (χ2v) is 5.73. The molecule has 7 nitrogen and oxygen atoms in total. The van der Waals surface area contributed by atoms with Crippen LogP contribution in [0.4, 0.5) is 9.52 Å². The SMILES string of the molecule is O=C(O)c1ccc(S(=O)(=O)Nc2ncns2)c(F)c1. The number of nitrogens with zero attached hydrogens (tertiary/aromatic N) is 2. The Morgan fingerprint density at radius 3 is 2.68 bits per heavy atom. The van der Waals surface area contributed by atoms with Crippen molar-refractivity contribution in [1.82, 2.24) is 9.36 Å². The molecule has 0 spiro atoms. The molecule has 2 N–H and O–H groups in total. The highest BCUT2D eigenvalue weighted by atomic mass is 32.2. The van der Waals surface area contributed by atoms with Crippen LogP contribution in [0.15, 0.2) is 29.4 Å². The van der Waals surface area contributed by atoms with E-state index in [2.05, 4.69) is 9.36 Å². The lowest BCUT2D eigenvalue weighted by Gasteiger charge is -2.06. The molecule has 0 saturated carbocycles. The Labute approximate surface area is 111 Å². The zero-order chi connectivity index (χ0) is 14.0. The molecule has 0 bridgehead atoms. The number of carbonyl (C=O) groups is 1. The average Bonchev–Trinajstić information content (AvgIpc) is 2.80. The van der Waals surface area contributed by atoms with Crippen LogP contribution in [0.1, 0.15) is 10.4 Å². The standard InChI is InChI=1S/C9H6FN3O4S2/c10-6-3-5(8(14)15)1-2-7(6)19(16,17)13-9-11-4-12-18-9/h1-4H,(H,14,15)(H,11,12,13). The summed E-state index contributed by atoms with van der Waals surface area (Å²) in [4.78, 5) is 13.6. The van der Waals surface area contributed by atoms with E-state index in [0.717, 1.165) is 30.0 Å². The van der Waals surface area contributed by atoms with Gasteiger partial charge in [-0.2, -0.15) is 4.37 Å². The average molecular weight is 303 g/mol. The lowest BCUT2D eigenvalue weighted by molar-refractivity contribution is 0.0696. The number of rotatable bonds is 4. The number of nitrogens with one attached hydrogen (secondary N) is 1. The van der Waals surface area contributed by atoms with Crippen LogP contribution in [-0.2, 0) is 10.0 Å². The van der Waals surface area contributed by atoms with E-state index in [1.54, 1.807) is 0 Å². The molecule has 0 saturated heterocycles. The molecule has 2 aromatic rings. The van der Waals surface area contributed by atoms with Gasteiger partial charge < -0.3 is 5.11 Å². The zero-order valence-electron chi connectivity index (χ0n) is 9.07. The van der Waals surface area contributed by atoms with Crippen molar-refractivity contribution in [2.24, 2.45) is 0 Å². The highest BCUT2D eigenvalue weighted by molar-refractivity contribution is 7.93. The van der Waals surface area contributed by atoms with E-state index in [0.29, 0.717) is 6.07 Å². The minimum atomic E-state index is -4.17. The van der Waals surface area contributed by atoms with E-state index in [-0.39, 0.29) is 10.7 Å². The Bertz CT molecular complexity index is 715. The summed E-state index contributed by atoms with van der Waals surface area (Å²) in [6.07, 6.45) is 1.15. The van der Waals surface area contributed by atoms with Gasteiger partial charge in [-0.3, -0.25) is 4.72 Å². The van der Waals surface area contributed by atoms with Crippen LogP contribution in [0.2, 0.25) is 0 Å². The largest absolute Gasteiger partial charge is 0.478 e. The number of anilines is 1. The summed E-state index contributed by atoms with van der Waals surface area (Å²) in [5.41, 5.74) is -0.340. The summed E-state index contributed by atoms with van der Waals surface area (Å²) >= 11 is 0.790. The highest BCUT2D eigenvalue weighted by Crippen LogP contribution is 2.20. The van der Waals surface area contributed by atoms with Gasteiger partial charge in [-0.15, -0.1) is 0 Å². The number of sulfonamides is 1. The summed E-state index contributed by atoms with van der Waals surface area (Å²) < 4.78 is 42.9. The maximum Gasteiger partial charge on any atom is 0.335 e. The third-order valence-electron chi connectivity index (χ3n) is 2.05. The molecule has 100 valence electrons. The van der Waals surface area contributed by atoms with Gasteiger partial charge in [-0.1, -0.05) is 0 Å². The second kappa shape index (κ2) is 4.90. The Kier molecular flexibility index (Phi) is 3.44. The second-order valence-electron chi connectivity index (χ2n) is 3.30. The first-order valence-electron chi connectivity index (χ1n) is 4.72. The maximum atomic E-state index is 13.6. The van der Waals surface area contributed by atoms with Crippen molar-refractivity contribution in [3.8, 4) is 0 Å². The van der Waals surface area contributed by atoms with Crippen LogP contribution in [0.25, 0.3) is 0 Å². The fraction of sp³-hybridized carbons (Fsp3) is 0. The van der Waals surface area contributed by atoms with Crippen LogP contribution in [-0.4, -0.2) is 28.9 Å². The van der Waals surface area contributed by atoms with E-state index >= 15 is 0 Å². The Balaban J connectivity index is 2.38. The molecule has 0 aliphatic carbocycles. The van der Waals surface area contributed by atoms with Crippen LogP contribution < -0.4 is 4.72 Å². The first-order chi connectivity index (χ1) is 8.90. The fourth-order valence-corrected chi connectivity index (χ4v) is 2.96. The van der Waals surface area contributed by atoms with Gasteiger partial charge in [0.05, 0.1) is 5.56 Å². The molecule has 0 unspecified atom stereocenters. The van der Waals surface area contributed by atoms with Gasteiger partial charge >= 0.3 is 5.97 Å². The first-order valence-corrected chi connectivity index (χ1v) is 6.98. The molecule has 1 aromatic heterocycles. The summed E-state index contributed by atoms with van der Waals surface area (Å²) in [6.45, 7) is 0. The molecule has 0 aliphatic rings. The molecule has 19 heavy (non-hydrogen) atoms. The molecule has 2 rings (SSSR count). The number of aromatic nitrogens is 2. The third kappa shape index (κ3) is 2.85. The van der Waals surface area contributed by atoms with Crippen LogP contribution in [0.5, 0.6) is 0 Å². The van der Waals surface area contributed by atoms with E-state index in [9.17, 15) is 17.6 Å². The fourth-order valence-electron chi connectivity index (χ4n) is 1.24. The number of carboxylic acid groups (broad SMARTS) is 1. The van der Waals surface area contributed by atoms with E-state index in [4.69, 9.17) is 5.11 Å². The van der Waals surface area contributed by atoms with Gasteiger partial charge in [0.15, 0.2) is 0 Å². The van der Waals surface area contributed by atoms with Crippen LogP contribution in [0.3, 0.4) is 0 Å². The third-order valence-corrected chi connectivity index (χ3v) is 4.13. The highest BCUT2D eigenvalue weighted by Gasteiger charge is 2.21. The summed E-state index contributed by atoms with van der Waals surface area (Å²) in [5.74, 6) is -2.50. The molecule has 0 atom stereocenters. The van der Waals surface area contributed by atoms with Crippen molar-refractivity contribution in [3.05, 3.63) is 35.9 Å². The van der Waals surface area contributed by atoms with Crippen molar-refractivity contribution in [2.75, 3.05) is 4.72 Å². The molecule has 1 aromatic carbocycles. The Morgan fingerprint density at radius 1 is 1.42 bits per heavy atom. The lowest BCUT2D eigenvalue weighted by Crippen LogP contribution is -2.15. The zero-order valence-corrected chi connectivity index (χ0v) is 10.7. The van der Waals surface area contributed by atoms with Crippen molar-refractivity contribution in [2.45, 2.75) is 4.90 Å². The van der Waals surface area contributed by atoms with Gasteiger partial charge in [-0.05, 0) is 18.2 Å². The van der Waals surface area contributed by atoms with Crippen molar-refractivity contribution in [1.29, 1.82) is 0 Å². The smallest absolute Gasteiger partial charge is 0.335 e. The Hall–Kier alpha value is -2.07. The molecule has 0 radical (unpaired) electrons. The predicted octanol–water partition coefficient (Wildman–Crippen LogP) is 1.18. The number of aromatic carboxylic acids is 1. The molecule has 0 amide bonds. The maximum absolute atomic E-state index is 13.6. The molecule has 0 aliphatic heterocycles. The van der Waals surface area contributed by atoms with Crippen LogP contribution >= 0.6 is 11.5 Å². The van der Waals surface area contributed by atoms with E-state index in [1.165, 1.54) is 0 Å². The number of halogens is 1.